The van der Waals surface area contributed by atoms with Gasteiger partial charge in [0.25, 0.3) is 5.91 Å². The highest BCUT2D eigenvalue weighted by atomic mass is 16.2. The van der Waals surface area contributed by atoms with Gasteiger partial charge >= 0.3 is 0 Å². The Morgan fingerprint density at radius 1 is 1.12 bits per heavy atom. The van der Waals surface area contributed by atoms with Crippen molar-refractivity contribution in [2.45, 2.75) is 31.7 Å². The monoisotopic (exact) mass is 324 g/mol. The summed E-state index contributed by atoms with van der Waals surface area (Å²) < 4.78 is 0. The van der Waals surface area contributed by atoms with E-state index in [4.69, 9.17) is 0 Å². The minimum absolute atomic E-state index is 0.0830. The SMILES string of the molecule is O=C(NC1CC1)C1CCCN(C(=O)c2cnc3ccccc3n2)C1. The summed E-state index contributed by atoms with van der Waals surface area (Å²) in [6.45, 7) is 1.13. The number of nitrogens with one attached hydrogen (secondary N) is 1. The number of likely N-dealkylation sites (tertiary alicyclic amines) is 1. The topological polar surface area (TPSA) is 75.2 Å². The summed E-state index contributed by atoms with van der Waals surface area (Å²) in [5, 5.41) is 3.04. The minimum atomic E-state index is -0.142. The predicted molar refractivity (Wildman–Crippen MR) is 89.3 cm³/mol. The molecule has 2 fully saturated rings. The Kier molecular flexibility index (Phi) is 3.88. The van der Waals surface area contributed by atoms with Crippen LogP contribution in [0.5, 0.6) is 0 Å². The number of carbonyl (C=O) groups is 2. The van der Waals surface area contributed by atoms with E-state index in [9.17, 15) is 9.59 Å². The van der Waals surface area contributed by atoms with E-state index in [2.05, 4.69) is 15.3 Å². The molecule has 1 saturated heterocycles. The highest BCUT2D eigenvalue weighted by molar-refractivity contribution is 5.94. The average Bonchev–Trinajstić information content (AvgIpc) is 3.44. The summed E-state index contributed by atoms with van der Waals surface area (Å²) in [4.78, 5) is 35.5. The van der Waals surface area contributed by atoms with Gasteiger partial charge in [0.15, 0.2) is 0 Å². The molecule has 4 rings (SSSR count). The van der Waals surface area contributed by atoms with Gasteiger partial charge in [-0.25, -0.2) is 4.98 Å². The summed E-state index contributed by atoms with van der Waals surface area (Å²) in [5.41, 5.74) is 1.83. The van der Waals surface area contributed by atoms with Gasteiger partial charge in [0.2, 0.25) is 5.91 Å². The van der Waals surface area contributed by atoms with Crippen LogP contribution < -0.4 is 5.32 Å². The number of benzene rings is 1. The molecule has 2 heterocycles. The van der Waals surface area contributed by atoms with Crippen molar-refractivity contribution in [3.05, 3.63) is 36.2 Å². The molecular weight excluding hydrogens is 304 g/mol. The van der Waals surface area contributed by atoms with Crippen molar-refractivity contribution >= 4 is 22.8 Å². The zero-order valence-electron chi connectivity index (χ0n) is 13.4. The third-order valence-corrected chi connectivity index (χ3v) is 4.67. The van der Waals surface area contributed by atoms with E-state index in [0.29, 0.717) is 30.3 Å². The molecule has 24 heavy (non-hydrogen) atoms. The van der Waals surface area contributed by atoms with Crippen LogP contribution in [0.25, 0.3) is 11.0 Å². The summed E-state index contributed by atoms with van der Waals surface area (Å²) in [7, 11) is 0. The van der Waals surface area contributed by atoms with Gasteiger partial charge in [-0.1, -0.05) is 12.1 Å². The van der Waals surface area contributed by atoms with Crippen LogP contribution in [0.2, 0.25) is 0 Å². The van der Waals surface area contributed by atoms with E-state index in [1.807, 2.05) is 24.3 Å². The van der Waals surface area contributed by atoms with Gasteiger partial charge < -0.3 is 10.2 Å². The molecule has 2 aromatic rings. The molecule has 1 atom stereocenters. The molecule has 1 aromatic carbocycles. The van der Waals surface area contributed by atoms with Crippen LogP contribution in [0.3, 0.4) is 0 Å². The zero-order valence-corrected chi connectivity index (χ0v) is 13.4. The van der Waals surface area contributed by atoms with Crippen LogP contribution in [0.15, 0.2) is 30.5 Å². The number of aromatic nitrogens is 2. The first-order valence-electron chi connectivity index (χ1n) is 8.52. The maximum absolute atomic E-state index is 12.7. The van der Waals surface area contributed by atoms with Crippen LogP contribution in [0.4, 0.5) is 0 Å². The number of piperidine rings is 1. The Morgan fingerprint density at radius 2 is 1.92 bits per heavy atom. The fraction of sp³-hybridized carbons (Fsp3) is 0.444. The molecule has 1 aromatic heterocycles. The Bertz CT molecular complexity index is 787. The molecule has 1 N–H and O–H groups in total. The molecule has 2 amide bonds. The van der Waals surface area contributed by atoms with Crippen molar-refractivity contribution in [3.8, 4) is 0 Å². The number of amides is 2. The highest BCUT2D eigenvalue weighted by Gasteiger charge is 2.32. The quantitative estimate of drug-likeness (QED) is 0.933. The van der Waals surface area contributed by atoms with Crippen LogP contribution in [0.1, 0.15) is 36.2 Å². The normalized spacial score (nSPS) is 20.8. The molecule has 0 radical (unpaired) electrons. The maximum atomic E-state index is 12.7. The first-order chi connectivity index (χ1) is 11.7. The molecule has 6 heteroatoms. The van der Waals surface area contributed by atoms with Crippen LogP contribution in [-0.4, -0.2) is 45.8 Å². The molecule has 1 aliphatic carbocycles. The molecule has 0 bridgehead atoms. The van der Waals surface area contributed by atoms with Gasteiger partial charge in [0.1, 0.15) is 5.69 Å². The van der Waals surface area contributed by atoms with E-state index >= 15 is 0 Å². The van der Waals surface area contributed by atoms with Gasteiger partial charge in [-0.3, -0.25) is 14.6 Å². The smallest absolute Gasteiger partial charge is 0.274 e. The molecule has 6 nitrogen and oxygen atoms in total. The summed E-state index contributed by atoms with van der Waals surface area (Å²) in [5.74, 6) is -0.173. The average molecular weight is 324 g/mol. The molecule has 2 aliphatic rings. The highest BCUT2D eigenvalue weighted by Crippen LogP contribution is 2.23. The molecular formula is C18H20N4O2. The number of nitrogens with zero attached hydrogens (tertiary/aromatic N) is 3. The second kappa shape index (κ2) is 6.19. The first kappa shape index (κ1) is 15.1. The fourth-order valence-corrected chi connectivity index (χ4v) is 3.14. The molecule has 1 aliphatic heterocycles. The lowest BCUT2D eigenvalue weighted by atomic mass is 9.97. The maximum Gasteiger partial charge on any atom is 0.274 e. The van der Waals surface area contributed by atoms with Crippen molar-refractivity contribution in [2.24, 2.45) is 5.92 Å². The fourth-order valence-electron chi connectivity index (χ4n) is 3.14. The van der Waals surface area contributed by atoms with Gasteiger partial charge in [-0.2, -0.15) is 0 Å². The van der Waals surface area contributed by atoms with Crippen LogP contribution in [-0.2, 0) is 4.79 Å². The van der Waals surface area contributed by atoms with Crippen molar-refractivity contribution in [2.75, 3.05) is 13.1 Å². The third-order valence-electron chi connectivity index (χ3n) is 4.67. The lowest BCUT2D eigenvalue weighted by Gasteiger charge is -2.31. The second-order valence-corrected chi connectivity index (χ2v) is 6.62. The number of carbonyl (C=O) groups excluding carboxylic acids is 2. The number of hydrogen-bond donors (Lipinski definition) is 1. The molecule has 1 saturated carbocycles. The number of hydrogen-bond acceptors (Lipinski definition) is 4. The molecule has 1 unspecified atom stereocenters. The summed E-state index contributed by atoms with van der Waals surface area (Å²) >= 11 is 0. The van der Waals surface area contributed by atoms with E-state index < -0.39 is 0 Å². The van der Waals surface area contributed by atoms with Gasteiger partial charge in [-0.05, 0) is 37.8 Å². The van der Waals surface area contributed by atoms with Crippen LogP contribution in [0, 0.1) is 5.92 Å². The van der Waals surface area contributed by atoms with E-state index in [1.54, 1.807) is 4.90 Å². The van der Waals surface area contributed by atoms with E-state index in [0.717, 1.165) is 31.2 Å². The number of rotatable bonds is 3. The summed E-state index contributed by atoms with van der Waals surface area (Å²) in [6, 6.07) is 7.85. The second-order valence-electron chi connectivity index (χ2n) is 6.62. The predicted octanol–water partition coefficient (Wildman–Crippen LogP) is 1.76. The Morgan fingerprint density at radius 3 is 2.71 bits per heavy atom. The standard InChI is InChI=1S/C18H20N4O2/c23-17(20-13-7-8-13)12-4-3-9-22(11-12)18(24)16-10-19-14-5-1-2-6-15(14)21-16/h1-2,5-6,10,12-13H,3-4,7-9,11H2,(H,20,23). The Balaban J connectivity index is 1.48. The van der Waals surface area contributed by atoms with Crippen LogP contribution >= 0.6 is 0 Å². The number of fused-ring (bicyclic) bond motifs is 1. The third kappa shape index (κ3) is 3.09. The number of para-hydroxylation sites is 2. The van der Waals surface area contributed by atoms with Crippen molar-refractivity contribution in [1.29, 1.82) is 0 Å². The van der Waals surface area contributed by atoms with Crippen molar-refractivity contribution in [3.63, 3.8) is 0 Å². The minimum Gasteiger partial charge on any atom is -0.353 e. The van der Waals surface area contributed by atoms with E-state index in [-0.39, 0.29) is 17.7 Å². The van der Waals surface area contributed by atoms with Gasteiger partial charge in [-0.15, -0.1) is 0 Å². The van der Waals surface area contributed by atoms with Gasteiger partial charge in [0.05, 0.1) is 23.1 Å². The first-order valence-corrected chi connectivity index (χ1v) is 8.52. The Labute approximate surface area is 140 Å². The lowest BCUT2D eigenvalue weighted by molar-refractivity contribution is -0.126. The molecule has 124 valence electrons. The zero-order chi connectivity index (χ0) is 16.5. The summed E-state index contributed by atoms with van der Waals surface area (Å²) in [6.07, 6.45) is 5.36. The van der Waals surface area contributed by atoms with E-state index in [1.165, 1.54) is 6.20 Å². The van der Waals surface area contributed by atoms with Crippen molar-refractivity contribution < 1.29 is 9.59 Å². The lowest BCUT2D eigenvalue weighted by Crippen LogP contribution is -2.46. The van der Waals surface area contributed by atoms with Crippen molar-refractivity contribution in [1.82, 2.24) is 20.2 Å². The Hall–Kier alpha value is -2.50. The largest absolute Gasteiger partial charge is 0.353 e. The van der Waals surface area contributed by atoms with Gasteiger partial charge in [0, 0.05) is 19.1 Å². The molecule has 0 spiro atoms.